The summed E-state index contributed by atoms with van der Waals surface area (Å²) in [5, 5.41) is 9.26. The number of nitrogens with one attached hydrogen (secondary N) is 2. The van der Waals surface area contributed by atoms with E-state index in [0.29, 0.717) is 6.54 Å². The van der Waals surface area contributed by atoms with Gasteiger partial charge in [-0.3, -0.25) is 10.1 Å². The van der Waals surface area contributed by atoms with Crippen LogP contribution < -0.4 is 10.6 Å². The van der Waals surface area contributed by atoms with Crippen LogP contribution in [0, 0.1) is 6.92 Å². The normalized spacial score (nSPS) is 13.6. The van der Waals surface area contributed by atoms with E-state index in [1.165, 1.54) is 5.56 Å². The van der Waals surface area contributed by atoms with Crippen molar-refractivity contribution in [3.8, 4) is 0 Å². The number of hydrogen-bond donors (Lipinski definition) is 2. The molecule has 0 fully saturated rings. The Morgan fingerprint density at radius 2 is 2.23 bits per heavy atom. The third-order valence-corrected chi connectivity index (χ3v) is 4.86. The molecule has 0 spiro atoms. The second-order valence-corrected chi connectivity index (χ2v) is 6.54. The molecule has 2 N–H and O–H groups in total. The lowest BCUT2D eigenvalue weighted by Crippen LogP contribution is -2.44. The predicted octanol–water partition coefficient (Wildman–Crippen LogP) is 2.98. The van der Waals surface area contributed by atoms with Gasteiger partial charge in [-0.15, -0.1) is 11.3 Å². The Balaban J connectivity index is 1.84. The number of amides is 1. The SMILES string of the molecule is CC[C@@](C)(NCC(=O)NCc1cccc(C)c1)c1nccs1. The zero-order valence-corrected chi connectivity index (χ0v) is 14.2. The van der Waals surface area contributed by atoms with Crippen molar-refractivity contribution >= 4 is 17.2 Å². The van der Waals surface area contributed by atoms with Crippen LogP contribution in [0.3, 0.4) is 0 Å². The standard InChI is InChI=1S/C17H23N3OS/c1-4-17(3,16-18-8-9-22-16)20-12-15(21)19-11-14-7-5-6-13(2)10-14/h5-10,20H,4,11-12H2,1-3H3,(H,19,21)/t17-/m1/s1. The lowest BCUT2D eigenvalue weighted by molar-refractivity contribution is -0.120. The molecule has 0 aliphatic heterocycles. The van der Waals surface area contributed by atoms with Crippen LogP contribution in [0.5, 0.6) is 0 Å². The maximum Gasteiger partial charge on any atom is 0.234 e. The zero-order valence-electron chi connectivity index (χ0n) is 13.3. The van der Waals surface area contributed by atoms with Gasteiger partial charge in [-0.2, -0.15) is 0 Å². The van der Waals surface area contributed by atoms with Crippen LogP contribution in [-0.4, -0.2) is 17.4 Å². The van der Waals surface area contributed by atoms with E-state index in [2.05, 4.69) is 35.5 Å². The summed E-state index contributed by atoms with van der Waals surface area (Å²) in [6.07, 6.45) is 2.68. The van der Waals surface area contributed by atoms with Crippen molar-refractivity contribution in [2.45, 2.75) is 39.3 Å². The van der Waals surface area contributed by atoms with Crippen LogP contribution in [0.4, 0.5) is 0 Å². The molecule has 2 rings (SSSR count). The highest BCUT2D eigenvalue weighted by molar-refractivity contribution is 7.09. The van der Waals surface area contributed by atoms with Crippen molar-refractivity contribution in [3.05, 3.63) is 52.0 Å². The van der Waals surface area contributed by atoms with Crippen LogP contribution in [0.15, 0.2) is 35.8 Å². The molecule has 1 heterocycles. The molecule has 0 saturated carbocycles. The molecule has 2 aromatic rings. The van der Waals surface area contributed by atoms with Gasteiger partial charge in [-0.05, 0) is 25.8 Å². The Hall–Kier alpha value is -1.72. The lowest BCUT2D eigenvalue weighted by Gasteiger charge is -2.27. The number of carbonyl (C=O) groups excluding carboxylic acids is 1. The van der Waals surface area contributed by atoms with Crippen LogP contribution in [0.2, 0.25) is 0 Å². The minimum atomic E-state index is -0.255. The van der Waals surface area contributed by atoms with E-state index >= 15 is 0 Å². The number of hydrogen-bond acceptors (Lipinski definition) is 4. The molecular formula is C17H23N3OS. The fourth-order valence-electron chi connectivity index (χ4n) is 2.21. The fraction of sp³-hybridized carbons (Fsp3) is 0.412. The highest BCUT2D eigenvalue weighted by Crippen LogP contribution is 2.25. The molecule has 4 nitrogen and oxygen atoms in total. The highest BCUT2D eigenvalue weighted by atomic mass is 32.1. The van der Waals surface area contributed by atoms with Crippen molar-refractivity contribution in [2.24, 2.45) is 0 Å². The van der Waals surface area contributed by atoms with E-state index in [-0.39, 0.29) is 18.0 Å². The van der Waals surface area contributed by atoms with Gasteiger partial charge in [0.2, 0.25) is 5.91 Å². The molecule has 1 amide bonds. The summed E-state index contributed by atoms with van der Waals surface area (Å²) in [5.74, 6) is -0.00210. The summed E-state index contributed by atoms with van der Waals surface area (Å²) in [5.41, 5.74) is 2.06. The van der Waals surface area contributed by atoms with Crippen molar-refractivity contribution in [1.29, 1.82) is 0 Å². The molecule has 0 aliphatic carbocycles. The highest BCUT2D eigenvalue weighted by Gasteiger charge is 2.27. The Kier molecular flexibility index (Phi) is 5.69. The van der Waals surface area contributed by atoms with Gasteiger partial charge in [-0.1, -0.05) is 36.8 Å². The summed E-state index contributed by atoms with van der Waals surface area (Å²) >= 11 is 1.61. The van der Waals surface area contributed by atoms with Gasteiger partial charge in [0.25, 0.3) is 0 Å². The molecular weight excluding hydrogens is 294 g/mol. The van der Waals surface area contributed by atoms with E-state index in [4.69, 9.17) is 0 Å². The fourth-order valence-corrected chi connectivity index (χ4v) is 3.06. The van der Waals surface area contributed by atoms with Crippen LogP contribution in [-0.2, 0) is 16.9 Å². The number of aromatic nitrogens is 1. The first kappa shape index (κ1) is 16.6. The second kappa shape index (κ2) is 7.51. The van der Waals surface area contributed by atoms with Gasteiger partial charge in [0.1, 0.15) is 5.01 Å². The molecule has 1 atom stereocenters. The average molecular weight is 317 g/mol. The number of benzene rings is 1. The Morgan fingerprint density at radius 3 is 2.86 bits per heavy atom. The van der Waals surface area contributed by atoms with Gasteiger partial charge in [0.15, 0.2) is 0 Å². The van der Waals surface area contributed by atoms with Gasteiger partial charge in [-0.25, -0.2) is 4.98 Å². The van der Waals surface area contributed by atoms with Crippen LogP contribution >= 0.6 is 11.3 Å². The number of aryl methyl sites for hydroxylation is 1. The van der Waals surface area contributed by atoms with E-state index in [1.807, 2.05) is 30.5 Å². The molecule has 5 heteroatoms. The van der Waals surface area contributed by atoms with Crippen LogP contribution in [0.1, 0.15) is 36.4 Å². The molecule has 22 heavy (non-hydrogen) atoms. The number of thiazole rings is 1. The summed E-state index contributed by atoms with van der Waals surface area (Å²) in [6, 6.07) is 8.16. The van der Waals surface area contributed by atoms with E-state index in [1.54, 1.807) is 17.5 Å². The smallest absolute Gasteiger partial charge is 0.234 e. The molecule has 118 valence electrons. The van der Waals surface area contributed by atoms with E-state index in [0.717, 1.165) is 17.0 Å². The first-order valence-corrected chi connectivity index (χ1v) is 8.38. The molecule has 1 aromatic carbocycles. The number of rotatable bonds is 7. The summed E-state index contributed by atoms with van der Waals surface area (Å²) in [6.45, 7) is 7.07. The van der Waals surface area contributed by atoms with Crippen molar-refractivity contribution in [1.82, 2.24) is 15.6 Å². The number of nitrogens with zero attached hydrogens (tertiary/aromatic N) is 1. The van der Waals surface area contributed by atoms with Gasteiger partial charge >= 0.3 is 0 Å². The molecule has 0 saturated heterocycles. The first-order valence-electron chi connectivity index (χ1n) is 7.51. The predicted molar refractivity (Wildman–Crippen MR) is 90.8 cm³/mol. The van der Waals surface area contributed by atoms with Gasteiger partial charge in [0, 0.05) is 18.1 Å². The second-order valence-electron chi connectivity index (χ2n) is 5.64. The molecule has 0 unspecified atom stereocenters. The minimum Gasteiger partial charge on any atom is -0.351 e. The van der Waals surface area contributed by atoms with Gasteiger partial charge in [0.05, 0.1) is 12.1 Å². The Bertz CT molecular complexity index is 612. The third-order valence-electron chi connectivity index (χ3n) is 3.82. The largest absolute Gasteiger partial charge is 0.351 e. The molecule has 1 aromatic heterocycles. The Labute approximate surface area is 136 Å². The van der Waals surface area contributed by atoms with Crippen LogP contribution in [0.25, 0.3) is 0 Å². The van der Waals surface area contributed by atoms with Crippen molar-refractivity contribution < 1.29 is 4.79 Å². The zero-order chi connectivity index (χ0) is 16.0. The topological polar surface area (TPSA) is 54.0 Å². The summed E-state index contributed by atoms with van der Waals surface area (Å²) < 4.78 is 0. The summed E-state index contributed by atoms with van der Waals surface area (Å²) in [7, 11) is 0. The monoisotopic (exact) mass is 317 g/mol. The maximum absolute atomic E-state index is 12.0. The van der Waals surface area contributed by atoms with E-state index < -0.39 is 0 Å². The Morgan fingerprint density at radius 1 is 1.41 bits per heavy atom. The minimum absolute atomic E-state index is 0.00210. The maximum atomic E-state index is 12.0. The van der Waals surface area contributed by atoms with E-state index in [9.17, 15) is 4.79 Å². The molecule has 0 bridgehead atoms. The van der Waals surface area contributed by atoms with Crippen molar-refractivity contribution in [3.63, 3.8) is 0 Å². The number of carbonyl (C=O) groups is 1. The lowest BCUT2D eigenvalue weighted by atomic mass is 10.00. The quantitative estimate of drug-likeness (QED) is 0.825. The molecule has 0 aliphatic rings. The van der Waals surface area contributed by atoms with Gasteiger partial charge < -0.3 is 5.32 Å². The summed E-state index contributed by atoms with van der Waals surface area (Å²) in [4.78, 5) is 16.4. The molecule has 0 radical (unpaired) electrons. The van der Waals surface area contributed by atoms with Crippen molar-refractivity contribution in [2.75, 3.05) is 6.54 Å². The third kappa shape index (κ3) is 4.39. The first-order chi connectivity index (χ1) is 10.5. The average Bonchev–Trinajstić information content (AvgIpc) is 3.06.